The number of carboxylic acids is 1. The number of benzene rings is 2. The van der Waals surface area contributed by atoms with Crippen LogP contribution < -0.4 is 26.0 Å². The Bertz CT molecular complexity index is 1900. The summed E-state index contributed by atoms with van der Waals surface area (Å²) in [5.74, 6) is -1.08. The molecular formula is C35H35ClF3N7O6. The van der Waals surface area contributed by atoms with E-state index in [1.54, 1.807) is 12.1 Å². The van der Waals surface area contributed by atoms with Crippen LogP contribution in [0.2, 0.25) is 5.02 Å². The van der Waals surface area contributed by atoms with E-state index in [9.17, 15) is 37.5 Å². The Hall–Kier alpha value is -4.99. The van der Waals surface area contributed by atoms with Gasteiger partial charge < -0.3 is 31.1 Å². The molecule has 2 aromatic carbocycles. The maximum absolute atomic E-state index is 12.9. The van der Waals surface area contributed by atoms with Gasteiger partial charge in [-0.25, -0.2) is 4.79 Å². The van der Waals surface area contributed by atoms with Crippen LogP contribution >= 0.6 is 11.6 Å². The predicted octanol–water partition coefficient (Wildman–Crippen LogP) is 4.86. The lowest BCUT2D eigenvalue weighted by atomic mass is 9.87. The minimum Gasteiger partial charge on any atom is -0.480 e. The highest BCUT2D eigenvalue weighted by molar-refractivity contribution is 6.36. The smallest absolute Gasteiger partial charge is 0.422 e. The number of hydrogen-bond donors (Lipinski definition) is 5. The van der Waals surface area contributed by atoms with Crippen LogP contribution in [-0.4, -0.2) is 69.0 Å². The van der Waals surface area contributed by atoms with Crippen LogP contribution in [0.1, 0.15) is 54.9 Å². The van der Waals surface area contributed by atoms with E-state index in [-0.39, 0.29) is 48.2 Å². The first-order valence-electron chi connectivity index (χ1n) is 16.9. The van der Waals surface area contributed by atoms with Gasteiger partial charge in [-0.05, 0) is 96.7 Å². The molecule has 5 fully saturated rings. The van der Waals surface area contributed by atoms with Crippen LogP contribution in [0.15, 0.2) is 48.5 Å². The van der Waals surface area contributed by atoms with Crippen LogP contribution in [0, 0.1) is 29.1 Å². The van der Waals surface area contributed by atoms with Gasteiger partial charge in [0.15, 0.2) is 6.61 Å². The third-order valence-electron chi connectivity index (χ3n) is 10.8. The maximum Gasteiger partial charge on any atom is 0.422 e. The van der Waals surface area contributed by atoms with Crippen LogP contribution in [-0.2, 0) is 19.9 Å². The number of amides is 2. The molecule has 5 N–H and O–H groups in total. The zero-order valence-electron chi connectivity index (χ0n) is 27.8. The van der Waals surface area contributed by atoms with Gasteiger partial charge in [-0.2, -0.15) is 28.1 Å². The normalized spacial score (nSPS) is 24.9. The molecule has 5 saturated carbocycles. The minimum atomic E-state index is -4.63. The van der Waals surface area contributed by atoms with Crippen molar-refractivity contribution in [3.63, 3.8) is 0 Å². The Morgan fingerprint density at radius 2 is 1.67 bits per heavy atom. The topological polar surface area (TPSA) is 185 Å². The zero-order chi connectivity index (χ0) is 37.0. The number of carbonyl (C=O) groups is 4. The molecule has 8 rings (SSSR count). The van der Waals surface area contributed by atoms with E-state index in [4.69, 9.17) is 16.3 Å². The molecule has 52 heavy (non-hydrogen) atoms. The second-order valence-electron chi connectivity index (χ2n) is 14.1. The van der Waals surface area contributed by atoms with E-state index >= 15 is 0 Å². The Morgan fingerprint density at radius 3 is 2.27 bits per heavy atom. The van der Waals surface area contributed by atoms with Gasteiger partial charge in [0.1, 0.15) is 6.04 Å². The number of carbonyl (C=O) groups excluding carboxylic acids is 3. The summed E-state index contributed by atoms with van der Waals surface area (Å²) in [7, 11) is 0. The molecule has 0 saturated heterocycles. The molecule has 2 unspecified atom stereocenters. The second kappa shape index (κ2) is 13.2. The molecule has 5 aliphatic rings. The Kier molecular flexibility index (Phi) is 8.99. The SMILES string of the molecule is CC12C3C(C[C@@H]1CC(=O)C(=O)NCC[C@H](NC(=O)c1ccc(Nc4nc(NC5(c6ccc(Cl)cc6)CC5)nc(OCC(F)(F)F)n4)cc1)C(=O)O)C32. The Morgan fingerprint density at radius 1 is 1.00 bits per heavy atom. The first-order valence-corrected chi connectivity index (χ1v) is 17.2. The summed E-state index contributed by atoms with van der Waals surface area (Å²) in [6.07, 6.45) is -2.18. The number of fused-ring (bicyclic) bond motifs is 1. The standard InChI is InChI=1S/C35H35ClF3N7O6/c1-33-19(14-22-25(33)26(22)33)15-24(47)28(49)40-13-10-23(29(50)51)42-27(48)17-2-8-21(9-3-17)41-30-43-31(45-32(44-30)52-16-35(37,38)39)46-34(11-12-34)18-4-6-20(36)7-5-18/h2-9,19,22-23,25-26H,10-16H2,1H3,(H,40,49)(H,42,48)(H,50,51)(H2,41,43,44,45,46)/t19-,22?,23+,25?,26?,33?/m1/s1. The van der Waals surface area contributed by atoms with E-state index < -0.39 is 53.9 Å². The predicted molar refractivity (Wildman–Crippen MR) is 180 cm³/mol. The average molecular weight is 742 g/mol. The number of ketones is 1. The van der Waals surface area contributed by atoms with Crippen LogP contribution in [0.5, 0.6) is 6.01 Å². The summed E-state index contributed by atoms with van der Waals surface area (Å²) in [5, 5.41) is 21.2. The van der Waals surface area contributed by atoms with Gasteiger partial charge in [-0.3, -0.25) is 14.4 Å². The van der Waals surface area contributed by atoms with Gasteiger partial charge in [0, 0.05) is 29.2 Å². The summed E-state index contributed by atoms with van der Waals surface area (Å²) in [6.45, 7) is 0.433. The molecule has 4 atom stereocenters. The number of ether oxygens (including phenoxy) is 1. The largest absolute Gasteiger partial charge is 0.480 e. The van der Waals surface area contributed by atoms with Gasteiger partial charge in [0.25, 0.3) is 11.8 Å². The first-order chi connectivity index (χ1) is 24.6. The molecule has 274 valence electrons. The molecule has 2 bridgehead atoms. The fourth-order valence-electron chi connectivity index (χ4n) is 7.85. The van der Waals surface area contributed by atoms with Gasteiger partial charge in [-0.1, -0.05) is 30.7 Å². The Balaban J connectivity index is 0.945. The zero-order valence-corrected chi connectivity index (χ0v) is 28.6. The number of rotatable bonds is 16. The number of alkyl halides is 3. The van der Waals surface area contributed by atoms with Crippen molar-refractivity contribution in [2.24, 2.45) is 29.1 Å². The molecule has 3 aromatic rings. The lowest BCUT2D eigenvalue weighted by Gasteiger charge is -2.19. The van der Waals surface area contributed by atoms with Crippen molar-refractivity contribution in [2.75, 3.05) is 23.8 Å². The quantitative estimate of drug-likeness (QED) is 0.126. The molecule has 13 nitrogen and oxygen atoms in total. The van der Waals surface area contributed by atoms with E-state index in [0.717, 1.165) is 23.8 Å². The number of halogens is 4. The summed E-state index contributed by atoms with van der Waals surface area (Å²) in [5.41, 5.74) is 1.00. The number of carboxylic acid groups (broad SMARTS) is 1. The number of anilines is 3. The highest BCUT2D eigenvalue weighted by Crippen LogP contribution is 2.91. The van der Waals surface area contributed by atoms with Crippen molar-refractivity contribution in [1.29, 1.82) is 0 Å². The van der Waals surface area contributed by atoms with E-state index in [1.165, 1.54) is 24.3 Å². The van der Waals surface area contributed by atoms with E-state index in [1.807, 2.05) is 12.1 Å². The minimum absolute atomic E-state index is 0.0288. The molecule has 2 amide bonds. The van der Waals surface area contributed by atoms with Crippen molar-refractivity contribution in [3.05, 3.63) is 64.7 Å². The van der Waals surface area contributed by atoms with Crippen LogP contribution in [0.4, 0.5) is 30.8 Å². The Labute approximate surface area is 300 Å². The van der Waals surface area contributed by atoms with E-state index in [0.29, 0.717) is 29.5 Å². The highest BCUT2D eigenvalue weighted by Gasteiger charge is 2.87. The molecule has 0 radical (unpaired) electrons. The van der Waals surface area contributed by atoms with Crippen LogP contribution in [0.3, 0.4) is 0 Å². The molecular weight excluding hydrogens is 707 g/mol. The summed E-state index contributed by atoms with van der Waals surface area (Å²) in [6, 6.07) is 10.9. The molecule has 0 spiro atoms. The number of nitrogens with zero attached hydrogens (tertiary/aromatic N) is 3. The van der Waals surface area contributed by atoms with Crippen molar-refractivity contribution in [3.8, 4) is 6.01 Å². The monoisotopic (exact) mass is 741 g/mol. The second-order valence-corrected chi connectivity index (χ2v) is 14.6. The van der Waals surface area contributed by atoms with Crippen molar-refractivity contribution in [1.82, 2.24) is 25.6 Å². The van der Waals surface area contributed by atoms with Gasteiger partial charge in [0.05, 0.1) is 5.54 Å². The third kappa shape index (κ3) is 7.34. The molecule has 1 aromatic heterocycles. The number of nitrogens with one attached hydrogen (secondary N) is 4. The van der Waals surface area contributed by atoms with Gasteiger partial charge >= 0.3 is 18.2 Å². The van der Waals surface area contributed by atoms with Crippen molar-refractivity contribution >= 4 is 52.8 Å². The fraction of sp³-hybridized carbons (Fsp3) is 0.457. The lowest BCUT2D eigenvalue weighted by molar-refractivity contribution is -0.154. The molecule has 17 heteroatoms. The molecule has 0 aliphatic heterocycles. The summed E-state index contributed by atoms with van der Waals surface area (Å²) >= 11 is 6.02. The van der Waals surface area contributed by atoms with Crippen molar-refractivity contribution < 1.29 is 42.2 Å². The third-order valence-corrected chi connectivity index (χ3v) is 11.1. The number of aromatic nitrogens is 3. The first kappa shape index (κ1) is 35.4. The van der Waals surface area contributed by atoms with Gasteiger partial charge in [-0.15, -0.1) is 0 Å². The number of Topliss-reactive ketones (excluding diaryl/α,β-unsaturated/α-hetero) is 1. The molecule has 5 aliphatic carbocycles. The summed E-state index contributed by atoms with van der Waals surface area (Å²) < 4.78 is 43.6. The summed E-state index contributed by atoms with van der Waals surface area (Å²) in [4.78, 5) is 62.0. The number of hydrogen-bond acceptors (Lipinski definition) is 10. The lowest BCUT2D eigenvalue weighted by Crippen LogP contribution is -2.43. The average Bonchev–Trinajstić information content (AvgIpc) is 4.05. The number of aliphatic carboxylic acids is 1. The highest BCUT2D eigenvalue weighted by atomic mass is 35.5. The van der Waals surface area contributed by atoms with Crippen LogP contribution in [0.25, 0.3) is 0 Å². The van der Waals surface area contributed by atoms with E-state index in [2.05, 4.69) is 43.1 Å². The van der Waals surface area contributed by atoms with Gasteiger partial charge in [0.2, 0.25) is 17.7 Å². The fourth-order valence-corrected chi connectivity index (χ4v) is 7.98. The molecule has 1 heterocycles. The van der Waals surface area contributed by atoms with Crippen molar-refractivity contribution in [2.45, 2.75) is 56.8 Å². The maximum atomic E-state index is 12.9.